The molecule has 0 radical (unpaired) electrons. The molecular formula is C20H16Cl3NO. The zero-order chi connectivity index (χ0) is 17.6. The molecule has 1 aliphatic carbocycles. The third-order valence-electron chi connectivity index (χ3n) is 5.14. The van der Waals surface area contributed by atoms with Crippen LogP contribution in [0.25, 0.3) is 5.57 Å². The van der Waals surface area contributed by atoms with Crippen molar-refractivity contribution in [3.8, 4) is 0 Å². The lowest BCUT2D eigenvalue weighted by Gasteiger charge is -2.31. The van der Waals surface area contributed by atoms with Crippen LogP contribution in [0.15, 0.2) is 48.5 Å². The van der Waals surface area contributed by atoms with Gasteiger partial charge in [-0.3, -0.25) is 4.79 Å². The molecule has 1 aliphatic heterocycles. The number of benzene rings is 2. The summed E-state index contributed by atoms with van der Waals surface area (Å²) < 4.78 is 0. The summed E-state index contributed by atoms with van der Waals surface area (Å²) in [6.07, 6.45) is 2.98. The van der Waals surface area contributed by atoms with E-state index in [-0.39, 0.29) is 17.7 Å². The zero-order valence-electron chi connectivity index (χ0n) is 13.3. The number of hydrogen-bond acceptors (Lipinski definition) is 1. The van der Waals surface area contributed by atoms with E-state index in [1.165, 1.54) is 0 Å². The first-order valence-corrected chi connectivity index (χ1v) is 9.36. The number of halogens is 3. The molecule has 1 saturated heterocycles. The summed E-state index contributed by atoms with van der Waals surface area (Å²) >= 11 is 18.6. The minimum atomic E-state index is -0.0759. The molecule has 2 nitrogen and oxygen atoms in total. The molecule has 2 aromatic carbocycles. The Morgan fingerprint density at radius 2 is 1.68 bits per heavy atom. The second-order valence-corrected chi connectivity index (χ2v) is 7.89. The molecule has 1 amide bonds. The van der Waals surface area contributed by atoms with Crippen LogP contribution in [-0.2, 0) is 4.79 Å². The Morgan fingerprint density at radius 3 is 2.40 bits per heavy atom. The fourth-order valence-corrected chi connectivity index (χ4v) is 4.56. The van der Waals surface area contributed by atoms with Gasteiger partial charge in [-0.25, -0.2) is 0 Å². The molecule has 1 heterocycles. The Kier molecular flexibility index (Phi) is 4.53. The topological polar surface area (TPSA) is 29.1 Å². The molecule has 2 aliphatic rings. The van der Waals surface area contributed by atoms with Gasteiger partial charge in [0, 0.05) is 27.5 Å². The van der Waals surface area contributed by atoms with Crippen molar-refractivity contribution < 1.29 is 4.79 Å². The van der Waals surface area contributed by atoms with Gasteiger partial charge in [0.25, 0.3) is 0 Å². The summed E-state index contributed by atoms with van der Waals surface area (Å²) in [7, 11) is 0. The van der Waals surface area contributed by atoms with Crippen molar-refractivity contribution >= 4 is 46.3 Å². The third-order valence-corrected chi connectivity index (χ3v) is 5.95. The van der Waals surface area contributed by atoms with E-state index < -0.39 is 0 Å². The minimum absolute atomic E-state index is 0.0759. The molecule has 3 atom stereocenters. The van der Waals surface area contributed by atoms with Gasteiger partial charge in [-0.15, -0.1) is 0 Å². The first kappa shape index (κ1) is 17.0. The highest BCUT2D eigenvalue weighted by atomic mass is 35.5. The molecule has 128 valence electrons. The van der Waals surface area contributed by atoms with Crippen molar-refractivity contribution in [2.45, 2.75) is 12.3 Å². The number of amides is 1. The highest BCUT2D eigenvalue weighted by Gasteiger charge is 2.40. The van der Waals surface area contributed by atoms with Crippen molar-refractivity contribution in [2.75, 3.05) is 6.54 Å². The molecular weight excluding hydrogens is 377 g/mol. The van der Waals surface area contributed by atoms with E-state index in [4.69, 9.17) is 34.8 Å². The minimum Gasteiger partial charge on any atom is -0.355 e. The van der Waals surface area contributed by atoms with Gasteiger partial charge in [-0.2, -0.15) is 0 Å². The van der Waals surface area contributed by atoms with E-state index in [1.807, 2.05) is 36.4 Å². The number of carbonyl (C=O) groups excluding carboxylic acids is 1. The van der Waals surface area contributed by atoms with Crippen LogP contribution in [0.1, 0.15) is 23.5 Å². The average molecular weight is 393 g/mol. The van der Waals surface area contributed by atoms with Crippen molar-refractivity contribution in [3.63, 3.8) is 0 Å². The monoisotopic (exact) mass is 391 g/mol. The fourth-order valence-electron chi connectivity index (χ4n) is 3.89. The lowest BCUT2D eigenvalue weighted by atomic mass is 9.71. The molecule has 0 bridgehead atoms. The molecule has 2 aromatic rings. The second-order valence-electron chi connectivity index (χ2n) is 6.61. The van der Waals surface area contributed by atoms with Gasteiger partial charge in [0.1, 0.15) is 0 Å². The van der Waals surface area contributed by atoms with Crippen LogP contribution < -0.4 is 5.32 Å². The predicted molar refractivity (Wildman–Crippen MR) is 103 cm³/mol. The van der Waals surface area contributed by atoms with Crippen LogP contribution in [0, 0.1) is 11.8 Å². The van der Waals surface area contributed by atoms with Gasteiger partial charge in [0.15, 0.2) is 0 Å². The number of nitrogens with one attached hydrogen (secondary N) is 1. The van der Waals surface area contributed by atoms with Gasteiger partial charge in [-0.1, -0.05) is 59.1 Å². The molecule has 4 rings (SSSR count). The number of allylic oxidation sites excluding steroid dienone is 1. The van der Waals surface area contributed by atoms with Crippen molar-refractivity contribution in [2.24, 2.45) is 11.8 Å². The molecule has 5 heteroatoms. The standard InChI is InChI=1S/C20H16Cl3NO/c21-13-3-1-11(2-4-13)16-9-17-12(10-24-20(17)25)7-18(16)15-6-5-14(22)8-19(15)23/h1-6,8-9,12,17-18H,7,10H2,(H,24,25)/t12-,17-,18-/m1/s1. The van der Waals surface area contributed by atoms with Crippen LogP contribution in [0.3, 0.4) is 0 Å². The Labute approximate surface area is 161 Å². The Balaban J connectivity index is 1.83. The number of rotatable bonds is 2. The first-order chi connectivity index (χ1) is 12.0. The van der Waals surface area contributed by atoms with Crippen molar-refractivity contribution in [1.82, 2.24) is 5.32 Å². The van der Waals surface area contributed by atoms with E-state index in [0.29, 0.717) is 21.0 Å². The van der Waals surface area contributed by atoms with Crippen LogP contribution in [-0.4, -0.2) is 12.5 Å². The summed E-state index contributed by atoms with van der Waals surface area (Å²) in [4.78, 5) is 12.2. The summed E-state index contributed by atoms with van der Waals surface area (Å²) in [5, 5.41) is 4.95. The van der Waals surface area contributed by atoms with Gasteiger partial charge >= 0.3 is 0 Å². The van der Waals surface area contributed by atoms with Crippen LogP contribution >= 0.6 is 34.8 Å². The maximum absolute atomic E-state index is 12.2. The quantitative estimate of drug-likeness (QED) is 0.710. The fraction of sp³-hybridized carbons (Fsp3) is 0.250. The maximum Gasteiger partial charge on any atom is 0.227 e. The van der Waals surface area contributed by atoms with E-state index in [0.717, 1.165) is 29.7 Å². The van der Waals surface area contributed by atoms with E-state index in [9.17, 15) is 4.79 Å². The lowest BCUT2D eigenvalue weighted by molar-refractivity contribution is -0.121. The Hall–Kier alpha value is -1.48. The zero-order valence-corrected chi connectivity index (χ0v) is 15.6. The molecule has 0 unspecified atom stereocenters. The van der Waals surface area contributed by atoms with Gasteiger partial charge in [0.2, 0.25) is 5.91 Å². The summed E-state index contributed by atoms with van der Waals surface area (Å²) in [5.41, 5.74) is 3.24. The maximum atomic E-state index is 12.2. The second kappa shape index (κ2) is 6.68. The number of carbonyl (C=O) groups is 1. The normalized spacial score (nSPS) is 25.3. The summed E-state index contributed by atoms with van der Waals surface area (Å²) in [6, 6.07) is 13.4. The average Bonchev–Trinajstić information content (AvgIpc) is 2.95. The third kappa shape index (κ3) is 3.19. The highest BCUT2D eigenvalue weighted by Crippen LogP contribution is 2.47. The summed E-state index contributed by atoms with van der Waals surface area (Å²) in [5.74, 6) is 0.449. The summed E-state index contributed by atoms with van der Waals surface area (Å²) in [6.45, 7) is 0.718. The van der Waals surface area contributed by atoms with E-state index in [2.05, 4.69) is 11.4 Å². The van der Waals surface area contributed by atoms with Crippen LogP contribution in [0.2, 0.25) is 15.1 Å². The molecule has 1 N–H and O–H groups in total. The molecule has 0 aromatic heterocycles. The highest BCUT2D eigenvalue weighted by molar-refractivity contribution is 6.35. The molecule has 0 saturated carbocycles. The lowest BCUT2D eigenvalue weighted by Crippen LogP contribution is -2.23. The smallest absolute Gasteiger partial charge is 0.227 e. The van der Waals surface area contributed by atoms with Crippen LogP contribution in [0.5, 0.6) is 0 Å². The van der Waals surface area contributed by atoms with Crippen molar-refractivity contribution in [3.05, 3.63) is 74.7 Å². The largest absolute Gasteiger partial charge is 0.355 e. The van der Waals surface area contributed by atoms with E-state index in [1.54, 1.807) is 6.07 Å². The molecule has 25 heavy (non-hydrogen) atoms. The van der Waals surface area contributed by atoms with Gasteiger partial charge in [-0.05, 0) is 53.3 Å². The van der Waals surface area contributed by atoms with E-state index >= 15 is 0 Å². The van der Waals surface area contributed by atoms with Crippen molar-refractivity contribution in [1.29, 1.82) is 0 Å². The van der Waals surface area contributed by atoms with Gasteiger partial charge in [0.05, 0.1) is 5.92 Å². The molecule has 0 spiro atoms. The SMILES string of the molecule is O=C1NC[C@H]2C[C@H](c3ccc(Cl)cc3Cl)C(c3ccc(Cl)cc3)=C[C@@H]12. The number of hydrogen-bond donors (Lipinski definition) is 1. The van der Waals surface area contributed by atoms with Crippen LogP contribution in [0.4, 0.5) is 0 Å². The Bertz CT molecular complexity index is 860. The predicted octanol–water partition coefficient (Wildman–Crippen LogP) is 5.58. The Morgan fingerprint density at radius 1 is 0.960 bits per heavy atom. The first-order valence-electron chi connectivity index (χ1n) is 8.23. The number of fused-ring (bicyclic) bond motifs is 1. The van der Waals surface area contributed by atoms with Gasteiger partial charge < -0.3 is 5.32 Å². The molecule has 1 fully saturated rings.